The predicted molar refractivity (Wildman–Crippen MR) is 86.4 cm³/mol. The Kier molecular flexibility index (Phi) is 6.49. The van der Waals surface area contributed by atoms with Crippen molar-refractivity contribution in [3.05, 3.63) is 0 Å². The molecular weight excluding hydrogens is 280 g/mol. The largest absolute Gasteiger partial charge is 0.369 e. The number of nitrogens with two attached hydrogens (primary N) is 1. The zero-order valence-corrected chi connectivity index (χ0v) is 13.7. The van der Waals surface area contributed by atoms with Crippen LogP contribution in [0.1, 0.15) is 45.4 Å². The van der Waals surface area contributed by atoms with Gasteiger partial charge in [0.2, 0.25) is 5.91 Å². The van der Waals surface area contributed by atoms with Gasteiger partial charge in [-0.15, -0.1) is 0 Å². The fraction of sp³-hybridized carbons (Fsp3) is 0.875. The number of nitrogens with one attached hydrogen (secondary N) is 1. The summed E-state index contributed by atoms with van der Waals surface area (Å²) in [5.41, 5.74) is 5.39. The van der Waals surface area contributed by atoms with E-state index in [2.05, 4.69) is 17.1 Å². The highest BCUT2D eigenvalue weighted by molar-refractivity contribution is 5.77. The maximum Gasteiger partial charge on any atom is 0.317 e. The molecule has 2 saturated heterocycles. The van der Waals surface area contributed by atoms with E-state index in [-0.39, 0.29) is 17.9 Å². The zero-order chi connectivity index (χ0) is 15.9. The van der Waals surface area contributed by atoms with Crippen molar-refractivity contribution in [1.29, 1.82) is 0 Å². The van der Waals surface area contributed by atoms with Crippen molar-refractivity contribution in [3.63, 3.8) is 0 Å². The van der Waals surface area contributed by atoms with E-state index in [0.29, 0.717) is 12.6 Å². The van der Waals surface area contributed by atoms with Crippen LogP contribution >= 0.6 is 0 Å². The Hall–Kier alpha value is -1.30. The molecule has 0 radical (unpaired) electrons. The minimum atomic E-state index is -0.183. The topological polar surface area (TPSA) is 78.7 Å². The second-order valence-corrected chi connectivity index (χ2v) is 6.67. The number of likely N-dealkylation sites (tertiary alicyclic amines) is 2. The minimum Gasteiger partial charge on any atom is -0.369 e. The molecule has 126 valence electrons. The Morgan fingerprint density at radius 2 is 2.00 bits per heavy atom. The molecule has 0 aromatic carbocycles. The predicted octanol–water partition coefficient (Wildman–Crippen LogP) is 1.16. The second-order valence-electron chi connectivity index (χ2n) is 6.67. The lowest BCUT2D eigenvalue weighted by atomic mass is 9.97. The average molecular weight is 310 g/mol. The van der Waals surface area contributed by atoms with Crippen molar-refractivity contribution >= 4 is 11.9 Å². The van der Waals surface area contributed by atoms with E-state index in [0.717, 1.165) is 58.3 Å². The molecule has 2 unspecified atom stereocenters. The molecule has 0 aromatic rings. The zero-order valence-electron chi connectivity index (χ0n) is 13.7. The van der Waals surface area contributed by atoms with E-state index in [9.17, 15) is 9.59 Å². The van der Waals surface area contributed by atoms with E-state index in [4.69, 9.17) is 5.73 Å². The Morgan fingerprint density at radius 3 is 2.73 bits per heavy atom. The van der Waals surface area contributed by atoms with Gasteiger partial charge in [0.15, 0.2) is 0 Å². The number of carbonyl (C=O) groups excluding carboxylic acids is 2. The van der Waals surface area contributed by atoms with Crippen LogP contribution in [0, 0.1) is 5.92 Å². The second kappa shape index (κ2) is 8.36. The number of urea groups is 1. The third-order valence-corrected chi connectivity index (χ3v) is 4.90. The molecule has 0 aliphatic carbocycles. The van der Waals surface area contributed by atoms with Crippen LogP contribution in [-0.2, 0) is 4.79 Å². The number of primary amides is 1. The summed E-state index contributed by atoms with van der Waals surface area (Å²) in [5.74, 6) is -0.186. The van der Waals surface area contributed by atoms with Crippen molar-refractivity contribution < 1.29 is 9.59 Å². The first-order chi connectivity index (χ1) is 10.6. The third-order valence-electron chi connectivity index (χ3n) is 4.90. The van der Waals surface area contributed by atoms with Gasteiger partial charge < -0.3 is 20.9 Å². The Balaban J connectivity index is 1.62. The third kappa shape index (κ3) is 4.87. The van der Waals surface area contributed by atoms with Gasteiger partial charge in [-0.3, -0.25) is 4.79 Å². The van der Waals surface area contributed by atoms with E-state index < -0.39 is 0 Å². The Bertz CT molecular complexity index is 388. The van der Waals surface area contributed by atoms with E-state index in [1.807, 2.05) is 4.90 Å². The maximum absolute atomic E-state index is 12.1. The average Bonchev–Trinajstić information content (AvgIpc) is 2.52. The van der Waals surface area contributed by atoms with Crippen molar-refractivity contribution in [2.75, 3.05) is 32.7 Å². The lowest BCUT2D eigenvalue weighted by Gasteiger charge is -2.33. The first-order valence-electron chi connectivity index (χ1n) is 8.64. The summed E-state index contributed by atoms with van der Waals surface area (Å²) < 4.78 is 0. The van der Waals surface area contributed by atoms with Crippen LogP contribution in [-0.4, -0.2) is 60.5 Å². The number of hydrogen-bond acceptors (Lipinski definition) is 3. The summed E-state index contributed by atoms with van der Waals surface area (Å²) >= 11 is 0. The standard InChI is InChI=1S/C16H30N4O2/c1-13-6-2-3-11-20(13)16(22)18-8-5-10-19-9-4-7-14(12-19)15(17)21/h13-14H,2-12H2,1H3,(H2,17,21)(H,18,22). The summed E-state index contributed by atoms with van der Waals surface area (Å²) in [4.78, 5) is 27.6. The van der Waals surface area contributed by atoms with Gasteiger partial charge in [-0.2, -0.15) is 0 Å². The smallest absolute Gasteiger partial charge is 0.317 e. The first kappa shape index (κ1) is 17.1. The van der Waals surface area contributed by atoms with E-state index in [1.165, 1.54) is 6.42 Å². The lowest BCUT2D eigenvalue weighted by molar-refractivity contribution is -0.123. The van der Waals surface area contributed by atoms with Gasteiger partial charge in [0, 0.05) is 25.7 Å². The molecule has 2 aliphatic rings. The minimum absolute atomic E-state index is 0.00228. The van der Waals surface area contributed by atoms with Crippen LogP contribution in [0.3, 0.4) is 0 Å². The van der Waals surface area contributed by atoms with Crippen molar-refractivity contribution in [3.8, 4) is 0 Å². The van der Waals surface area contributed by atoms with Gasteiger partial charge in [0.25, 0.3) is 0 Å². The molecule has 6 heteroatoms. The molecule has 3 N–H and O–H groups in total. The summed E-state index contributed by atoms with van der Waals surface area (Å²) in [5, 5.41) is 3.03. The van der Waals surface area contributed by atoms with E-state index >= 15 is 0 Å². The SMILES string of the molecule is CC1CCCCN1C(=O)NCCCN1CCCC(C(N)=O)C1. The number of piperidine rings is 2. The Labute approximate surface area is 133 Å². The van der Waals surface area contributed by atoms with Crippen molar-refractivity contribution in [1.82, 2.24) is 15.1 Å². The van der Waals surface area contributed by atoms with Crippen LogP contribution in [0.4, 0.5) is 4.79 Å². The summed E-state index contributed by atoms with van der Waals surface area (Å²) in [7, 11) is 0. The maximum atomic E-state index is 12.1. The fourth-order valence-electron chi connectivity index (χ4n) is 3.49. The van der Waals surface area contributed by atoms with Gasteiger partial charge in [0.05, 0.1) is 5.92 Å². The van der Waals surface area contributed by atoms with Crippen LogP contribution in [0.25, 0.3) is 0 Å². The number of amides is 3. The molecule has 2 atom stereocenters. The lowest BCUT2D eigenvalue weighted by Crippen LogP contribution is -2.48. The summed E-state index contributed by atoms with van der Waals surface area (Å²) in [6.45, 7) is 6.41. The van der Waals surface area contributed by atoms with Gasteiger partial charge >= 0.3 is 6.03 Å². The quantitative estimate of drug-likeness (QED) is 0.748. The molecule has 22 heavy (non-hydrogen) atoms. The molecule has 2 rings (SSSR count). The number of carbonyl (C=O) groups is 2. The molecule has 2 fully saturated rings. The molecule has 0 spiro atoms. The molecule has 0 saturated carbocycles. The normalized spacial score (nSPS) is 26.7. The molecular formula is C16H30N4O2. The molecule has 0 bridgehead atoms. The van der Waals surface area contributed by atoms with Crippen molar-refractivity contribution in [2.24, 2.45) is 11.7 Å². The first-order valence-corrected chi connectivity index (χ1v) is 8.64. The monoisotopic (exact) mass is 310 g/mol. The number of hydrogen-bond donors (Lipinski definition) is 2. The highest BCUT2D eigenvalue weighted by atomic mass is 16.2. The summed E-state index contributed by atoms with van der Waals surface area (Å²) in [6.07, 6.45) is 6.30. The highest BCUT2D eigenvalue weighted by Crippen LogP contribution is 2.17. The van der Waals surface area contributed by atoms with Gasteiger partial charge in [-0.25, -0.2) is 4.79 Å². The highest BCUT2D eigenvalue weighted by Gasteiger charge is 2.24. The number of rotatable bonds is 5. The van der Waals surface area contributed by atoms with Gasteiger partial charge in [0.1, 0.15) is 0 Å². The fourth-order valence-corrected chi connectivity index (χ4v) is 3.49. The van der Waals surface area contributed by atoms with Crippen LogP contribution < -0.4 is 11.1 Å². The van der Waals surface area contributed by atoms with Gasteiger partial charge in [-0.1, -0.05) is 0 Å². The van der Waals surface area contributed by atoms with Crippen LogP contribution in [0.2, 0.25) is 0 Å². The van der Waals surface area contributed by atoms with Crippen LogP contribution in [0.15, 0.2) is 0 Å². The molecule has 0 aromatic heterocycles. The van der Waals surface area contributed by atoms with Gasteiger partial charge in [-0.05, 0) is 58.5 Å². The Morgan fingerprint density at radius 1 is 1.18 bits per heavy atom. The molecule has 6 nitrogen and oxygen atoms in total. The van der Waals surface area contributed by atoms with E-state index in [1.54, 1.807) is 0 Å². The van der Waals surface area contributed by atoms with Crippen molar-refractivity contribution in [2.45, 2.75) is 51.5 Å². The molecule has 2 aliphatic heterocycles. The molecule has 3 amide bonds. The summed E-state index contributed by atoms with van der Waals surface area (Å²) in [6, 6.07) is 0.424. The number of nitrogens with zero attached hydrogens (tertiary/aromatic N) is 2. The molecule has 2 heterocycles. The van der Waals surface area contributed by atoms with Crippen LogP contribution in [0.5, 0.6) is 0 Å².